The van der Waals surface area contributed by atoms with E-state index in [9.17, 15) is 4.79 Å². The molecule has 0 N–H and O–H groups in total. The van der Waals surface area contributed by atoms with Crippen molar-refractivity contribution in [1.82, 2.24) is 9.55 Å². The van der Waals surface area contributed by atoms with E-state index in [1.54, 1.807) is 7.11 Å². The highest BCUT2D eigenvalue weighted by Crippen LogP contribution is 2.23. The third-order valence-corrected chi connectivity index (χ3v) is 3.58. The number of pyridine rings is 1. The molecule has 0 radical (unpaired) electrons. The summed E-state index contributed by atoms with van der Waals surface area (Å²) in [5.41, 5.74) is 2.94. The van der Waals surface area contributed by atoms with E-state index in [-0.39, 0.29) is 5.78 Å². The minimum absolute atomic E-state index is 0.0922. The van der Waals surface area contributed by atoms with E-state index < -0.39 is 0 Å². The normalized spacial score (nSPS) is 11.2. The van der Waals surface area contributed by atoms with Gasteiger partial charge in [-0.2, -0.15) is 0 Å². The first-order chi connectivity index (χ1) is 9.71. The van der Waals surface area contributed by atoms with Crippen molar-refractivity contribution in [2.75, 3.05) is 13.7 Å². The van der Waals surface area contributed by atoms with Gasteiger partial charge in [0, 0.05) is 44.5 Å². The van der Waals surface area contributed by atoms with Gasteiger partial charge < -0.3 is 9.30 Å². The molecule has 0 aromatic carbocycles. The topological polar surface area (TPSA) is 44.1 Å². The van der Waals surface area contributed by atoms with Gasteiger partial charge in [0.05, 0.1) is 5.52 Å². The Balaban J connectivity index is 2.41. The predicted octanol–water partition coefficient (Wildman–Crippen LogP) is 3.23. The summed E-state index contributed by atoms with van der Waals surface area (Å²) < 4.78 is 7.32. The van der Waals surface area contributed by atoms with E-state index in [1.807, 2.05) is 19.2 Å². The smallest absolute Gasteiger partial charge is 0.180 e. The fourth-order valence-electron chi connectivity index (χ4n) is 2.44. The van der Waals surface area contributed by atoms with Crippen LogP contribution in [-0.4, -0.2) is 29.1 Å². The zero-order valence-electron chi connectivity index (χ0n) is 12.5. The Kier molecular flexibility index (Phi) is 4.90. The lowest BCUT2D eigenvalue weighted by Crippen LogP contribution is -2.03. The number of hydrogen-bond acceptors (Lipinski definition) is 3. The van der Waals surface area contributed by atoms with Crippen molar-refractivity contribution in [2.24, 2.45) is 0 Å². The molecule has 0 spiro atoms. The second-order valence-corrected chi connectivity index (χ2v) is 4.91. The quantitative estimate of drug-likeness (QED) is 0.575. The molecule has 0 unspecified atom stereocenters. The number of fused-ring (bicyclic) bond motifs is 1. The standard InChI is InChI=1S/C16H22N2O2/c1-4-12-11-18(7-6-8-20-3)15-9-14(16(19)5-2)17-10-13(12)15/h9-11H,4-8H2,1-3H3. The summed E-state index contributed by atoms with van der Waals surface area (Å²) in [5, 5.41) is 1.15. The molecule has 2 rings (SSSR count). The van der Waals surface area contributed by atoms with Gasteiger partial charge in [0.15, 0.2) is 5.78 Å². The van der Waals surface area contributed by atoms with Crippen LogP contribution >= 0.6 is 0 Å². The number of ketones is 1. The average molecular weight is 274 g/mol. The molecular weight excluding hydrogens is 252 g/mol. The van der Waals surface area contributed by atoms with Crippen molar-refractivity contribution < 1.29 is 9.53 Å². The van der Waals surface area contributed by atoms with Crippen LogP contribution < -0.4 is 0 Å². The lowest BCUT2D eigenvalue weighted by molar-refractivity contribution is 0.0983. The van der Waals surface area contributed by atoms with E-state index in [4.69, 9.17) is 4.74 Å². The maximum atomic E-state index is 11.8. The molecular formula is C16H22N2O2. The summed E-state index contributed by atoms with van der Waals surface area (Å²) in [6, 6.07) is 1.92. The maximum absolute atomic E-state index is 11.8. The number of rotatable bonds is 7. The van der Waals surface area contributed by atoms with E-state index in [0.717, 1.165) is 36.9 Å². The second kappa shape index (κ2) is 6.66. The molecule has 0 saturated heterocycles. The number of carbonyl (C=O) groups excluding carboxylic acids is 1. The molecule has 0 atom stereocenters. The van der Waals surface area contributed by atoms with Gasteiger partial charge in [0.1, 0.15) is 5.69 Å². The molecule has 0 saturated carbocycles. The summed E-state index contributed by atoms with van der Waals surface area (Å²) >= 11 is 0. The van der Waals surface area contributed by atoms with Crippen molar-refractivity contribution >= 4 is 16.7 Å². The predicted molar refractivity (Wildman–Crippen MR) is 80.2 cm³/mol. The largest absolute Gasteiger partial charge is 0.385 e. The van der Waals surface area contributed by atoms with Crippen LogP contribution in [0, 0.1) is 0 Å². The first-order valence-electron chi connectivity index (χ1n) is 7.21. The monoisotopic (exact) mass is 274 g/mol. The number of methoxy groups -OCH3 is 1. The number of Topliss-reactive ketones (excluding diaryl/α,β-unsaturated/α-hetero) is 1. The van der Waals surface area contributed by atoms with E-state index in [0.29, 0.717) is 12.1 Å². The zero-order chi connectivity index (χ0) is 14.5. The summed E-state index contributed by atoms with van der Waals surface area (Å²) in [6.07, 6.45) is 6.43. The van der Waals surface area contributed by atoms with Crippen LogP contribution in [-0.2, 0) is 17.7 Å². The van der Waals surface area contributed by atoms with Crippen LogP contribution in [0.5, 0.6) is 0 Å². The molecule has 0 fully saturated rings. The highest BCUT2D eigenvalue weighted by atomic mass is 16.5. The fraction of sp³-hybridized carbons (Fsp3) is 0.500. The minimum atomic E-state index is 0.0922. The summed E-state index contributed by atoms with van der Waals surface area (Å²) in [7, 11) is 1.72. The number of hydrogen-bond donors (Lipinski definition) is 0. The van der Waals surface area contributed by atoms with E-state index >= 15 is 0 Å². The number of nitrogens with zero attached hydrogens (tertiary/aromatic N) is 2. The first-order valence-corrected chi connectivity index (χ1v) is 7.21. The maximum Gasteiger partial charge on any atom is 0.180 e. The molecule has 4 heteroatoms. The van der Waals surface area contributed by atoms with Gasteiger partial charge in [0.2, 0.25) is 0 Å². The minimum Gasteiger partial charge on any atom is -0.385 e. The molecule has 0 bridgehead atoms. The van der Waals surface area contributed by atoms with Crippen molar-refractivity contribution in [3.8, 4) is 0 Å². The second-order valence-electron chi connectivity index (χ2n) is 4.91. The molecule has 0 amide bonds. The van der Waals surface area contributed by atoms with Crippen LogP contribution in [0.1, 0.15) is 42.7 Å². The van der Waals surface area contributed by atoms with Gasteiger partial charge >= 0.3 is 0 Å². The number of carbonyl (C=O) groups is 1. The summed E-state index contributed by atoms with van der Waals surface area (Å²) in [6.45, 7) is 5.64. The molecule has 2 aromatic heterocycles. The van der Waals surface area contributed by atoms with Crippen molar-refractivity contribution in [1.29, 1.82) is 0 Å². The fourth-order valence-corrected chi connectivity index (χ4v) is 2.44. The van der Waals surface area contributed by atoms with Crippen LogP contribution in [0.2, 0.25) is 0 Å². The number of aromatic nitrogens is 2. The van der Waals surface area contributed by atoms with Crippen LogP contribution in [0.3, 0.4) is 0 Å². The van der Waals surface area contributed by atoms with Gasteiger partial charge in [-0.3, -0.25) is 9.78 Å². The van der Waals surface area contributed by atoms with Gasteiger partial charge in [0.25, 0.3) is 0 Å². The van der Waals surface area contributed by atoms with Crippen LogP contribution in [0.4, 0.5) is 0 Å². The Labute approximate surface area is 119 Å². The zero-order valence-corrected chi connectivity index (χ0v) is 12.5. The van der Waals surface area contributed by atoms with Crippen molar-refractivity contribution in [3.63, 3.8) is 0 Å². The molecule has 4 nitrogen and oxygen atoms in total. The van der Waals surface area contributed by atoms with Gasteiger partial charge in [-0.25, -0.2) is 0 Å². The first kappa shape index (κ1) is 14.7. The highest BCUT2D eigenvalue weighted by molar-refractivity contribution is 5.97. The lowest BCUT2D eigenvalue weighted by Gasteiger charge is -2.05. The number of ether oxygens (including phenoxy) is 1. The molecule has 0 aliphatic carbocycles. The molecule has 0 aliphatic heterocycles. The molecule has 2 aromatic rings. The molecule has 2 heterocycles. The Bertz CT molecular complexity index is 602. The highest BCUT2D eigenvalue weighted by Gasteiger charge is 2.11. The lowest BCUT2D eigenvalue weighted by atomic mass is 10.1. The van der Waals surface area contributed by atoms with Gasteiger partial charge in [-0.05, 0) is 24.5 Å². The van der Waals surface area contributed by atoms with E-state index in [1.165, 1.54) is 5.56 Å². The Hall–Kier alpha value is -1.68. The van der Waals surface area contributed by atoms with Crippen molar-refractivity contribution in [2.45, 2.75) is 39.7 Å². The van der Waals surface area contributed by atoms with E-state index in [2.05, 4.69) is 22.7 Å². The van der Waals surface area contributed by atoms with Gasteiger partial charge in [-0.1, -0.05) is 13.8 Å². The number of aryl methyl sites for hydroxylation is 2. The van der Waals surface area contributed by atoms with Crippen LogP contribution in [0.25, 0.3) is 10.9 Å². The molecule has 20 heavy (non-hydrogen) atoms. The molecule has 108 valence electrons. The third-order valence-electron chi connectivity index (χ3n) is 3.58. The average Bonchev–Trinajstić information content (AvgIpc) is 2.84. The summed E-state index contributed by atoms with van der Waals surface area (Å²) in [5.74, 6) is 0.0922. The van der Waals surface area contributed by atoms with Gasteiger partial charge in [-0.15, -0.1) is 0 Å². The summed E-state index contributed by atoms with van der Waals surface area (Å²) in [4.78, 5) is 16.1. The molecule has 0 aliphatic rings. The Morgan fingerprint density at radius 3 is 2.85 bits per heavy atom. The SMILES string of the molecule is CCC(=O)c1cc2c(cn1)c(CC)cn2CCCOC. The van der Waals surface area contributed by atoms with Crippen molar-refractivity contribution in [3.05, 3.63) is 29.7 Å². The Morgan fingerprint density at radius 2 is 2.20 bits per heavy atom. The Morgan fingerprint density at radius 1 is 1.40 bits per heavy atom. The van der Waals surface area contributed by atoms with Crippen LogP contribution in [0.15, 0.2) is 18.5 Å². The third kappa shape index (κ3) is 2.90.